The minimum absolute atomic E-state index is 0.0166. The largest absolute Gasteiger partial charge is 0.495 e. The van der Waals surface area contributed by atoms with Crippen molar-refractivity contribution < 1.29 is 43.0 Å². The number of hydrogen-bond acceptors (Lipinski definition) is 10. The average molecular weight is 778 g/mol. The van der Waals surface area contributed by atoms with Gasteiger partial charge in [-0.25, -0.2) is 14.6 Å². The predicted molar refractivity (Wildman–Crippen MR) is 202 cm³/mol. The molecule has 55 heavy (non-hydrogen) atoms. The van der Waals surface area contributed by atoms with Gasteiger partial charge in [-0.1, -0.05) is 57.5 Å². The van der Waals surface area contributed by atoms with Crippen molar-refractivity contribution in [1.29, 1.82) is 0 Å². The maximum Gasteiger partial charge on any atom is 0.408 e. The first-order valence-corrected chi connectivity index (χ1v) is 19.2. The van der Waals surface area contributed by atoms with Crippen molar-refractivity contribution >= 4 is 46.4 Å². The van der Waals surface area contributed by atoms with Gasteiger partial charge in [0.25, 0.3) is 0 Å². The van der Waals surface area contributed by atoms with Crippen LogP contribution in [0.5, 0.6) is 11.5 Å². The lowest BCUT2D eigenvalue weighted by Crippen LogP contribution is -2.59. The minimum Gasteiger partial charge on any atom is -0.495 e. The lowest BCUT2D eigenvalue weighted by Gasteiger charge is -2.35. The summed E-state index contributed by atoms with van der Waals surface area (Å²) in [4.78, 5) is 60.5. The van der Waals surface area contributed by atoms with E-state index in [-0.39, 0.29) is 36.4 Å². The Morgan fingerprint density at radius 2 is 1.80 bits per heavy atom. The molecule has 4 aliphatic rings. The smallest absolute Gasteiger partial charge is 0.408 e. The van der Waals surface area contributed by atoms with Gasteiger partial charge in [0, 0.05) is 35.8 Å². The summed E-state index contributed by atoms with van der Waals surface area (Å²) in [6.07, 6.45) is 2.84. The molecule has 0 bridgehead atoms. The third kappa shape index (κ3) is 7.44. The lowest BCUT2D eigenvalue weighted by atomic mass is 9.85. The van der Waals surface area contributed by atoms with Gasteiger partial charge in [-0.2, -0.15) is 0 Å². The van der Waals surface area contributed by atoms with Gasteiger partial charge in [-0.15, -0.1) is 6.58 Å². The quantitative estimate of drug-likeness (QED) is 0.181. The predicted octanol–water partition coefficient (Wildman–Crippen LogP) is 6.11. The molecule has 7 rings (SSSR count). The van der Waals surface area contributed by atoms with Gasteiger partial charge in [0.05, 0.1) is 24.9 Å². The van der Waals surface area contributed by atoms with Gasteiger partial charge in [0.15, 0.2) is 0 Å². The Hall–Kier alpha value is -4.85. The van der Waals surface area contributed by atoms with Crippen molar-refractivity contribution in [3.63, 3.8) is 0 Å². The van der Waals surface area contributed by atoms with Crippen molar-refractivity contribution in [2.24, 2.45) is 23.2 Å². The number of benzene rings is 1. The number of carboxylic acids is 1. The fourth-order valence-corrected chi connectivity index (χ4v) is 8.31. The number of pyridine rings is 1. The second-order valence-corrected chi connectivity index (χ2v) is 17.1. The number of carboxylic acid groups (broad SMARTS) is 1. The zero-order chi connectivity index (χ0) is 39.6. The van der Waals surface area contributed by atoms with E-state index in [4.69, 9.17) is 35.3 Å². The average Bonchev–Trinajstić information content (AvgIpc) is 3.77. The molecule has 8 atom stereocenters. The van der Waals surface area contributed by atoms with Gasteiger partial charge in [-0.3, -0.25) is 9.59 Å². The Balaban J connectivity index is 1.21. The first-order chi connectivity index (χ1) is 26.0. The highest BCUT2D eigenvalue weighted by atomic mass is 35.5. The summed E-state index contributed by atoms with van der Waals surface area (Å²) in [7, 11) is 1.50. The van der Waals surface area contributed by atoms with Gasteiger partial charge in [0.2, 0.25) is 11.8 Å². The minimum atomic E-state index is -1.53. The van der Waals surface area contributed by atoms with Crippen LogP contribution < -0.4 is 20.1 Å². The molecule has 15 heteroatoms. The first kappa shape index (κ1) is 38.4. The highest BCUT2D eigenvalue weighted by Crippen LogP contribution is 2.52. The standard InChI is InChI=1S/C40H48ClN5O9/c1-8-22-17-40(22,37(49)50)44-35(47)28-14-24(18-46(28)36(48)34(39(4,5)6)43-38(51)54-23-12-20-11-21(20)13-23)53-31-15-26(27-16-30(19(2)3)55-45-27)42-33-25(31)9-10-29(52-7)32(33)41/h8-10,15-16,19-24,28,34H,1,11-14,17-18H2,2-7H3,(H,43,51)(H,44,47)(H,49,50)/t20-,21+,22-,23+,24-,28+,34-,40-/m1/s1. The number of aliphatic carboxylic acids is 1. The summed E-state index contributed by atoms with van der Waals surface area (Å²) in [6.45, 7) is 13.1. The number of fused-ring (bicyclic) bond motifs is 2. The van der Waals surface area contributed by atoms with Crippen LogP contribution in [0.4, 0.5) is 4.79 Å². The molecule has 3 amide bonds. The Labute approximate surface area is 324 Å². The molecule has 3 heterocycles. The molecule has 0 unspecified atom stereocenters. The Morgan fingerprint density at radius 3 is 2.40 bits per heavy atom. The normalized spacial score (nSPS) is 27.3. The Kier molecular flexibility index (Phi) is 10.0. The molecule has 0 spiro atoms. The van der Waals surface area contributed by atoms with Crippen LogP contribution in [0.15, 0.2) is 41.4 Å². The number of carbonyl (C=O) groups excluding carboxylic acids is 3. The Bertz CT molecular complexity index is 2030. The molecule has 0 radical (unpaired) electrons. The summed E-state index contributed by atoms with van der Waals surface area (Å²) >= 11 is 6.78. The van der Waals surface area contributed by atoms with Crippen LogP contribution in [0, 0.1) is 23.2 Å². The van der Waals surface area contributed by atoms with E-state index in [0.29, 0.717) is 51.4 Å². The van der Waals surface area contributed by atoms with Crippen LogP contribution >= 0.6 is 11.6 Å². The highest BCUT2D eigenvalue weighted by Gasteiger charge is 2.61. The molecule has 3 N–H and O–H groups in total. The van der Waals surface area contributed by atoms with E-state index < -0.39 is 58.9 Å². The zero-order valence-corrected chi connectivity index (χ0v) is 32.6. The maximum atomic E-state index is 14.6. The number of rotatable bonds is 12. The molecule has 3 aromatic rings. The van der Waals surface area contributed by atoms with E-state index in [1.807, 2.05) is 34.6 Å². The number of nitrogens with one attached hydrogen (secondary N) is 2. The molecule has 1 aliphatic heterocycles. The van der Waals surface area contributed by atoms with E-state index in [1.165, 1.54) is 24.5 Å². The number of nitrogens with zero attached hydrogens (tertiary/aromatic N) is 3. The van der Waals surface area contributed by atoms with Crippen molar-refractivity contribution in [1.82, 2.24) is 25.7 Å². The van der Waals surface area contributed by atoms with Crippen molar-refractivity contribution in [3.8, 4) is 22.9 Å². The number of alkyl carbamates (subject to hydrolysis) is 1. The number of carbonyl (C=O) groups is 4. The molecule has 3 aliphatic carbocycles. The second kappa shape index (κ2) is 14.3. The number of likely N-dealkylation sites (tertiary alicyclic amines) is 1. The molecule has 2 aromatic heterocycles. The number of aromatic nitrogens is 2. The highest BCUT2D eigenvalue weighted by molar-refractivity contribution is 6.36. The number of amides is 3. The van der Waals surface area contributed by atoms with Crippen molar-refractivity contribution in [2.45, 2.75) is 102 Å². The van der Waals surface area contributed by atoms with E-state index in [2.05, 4.69) is 22.4 Å². The second-order valence-electron chi connectivity index (χ2n) is 16.7. The van der Waals surface area contributed by atoms with Crippen LogP contribution in [0.1, 0.15) is 78.4 Å². The van der Waals surface area contributed by atoms with Gasteiger partial charge in [-0.05, 0) is 55.1 Å². The summed E-state index contributed by atoms with van der Waals surface area (Å²) < 4.78 is 23.4. The maximum absolute atomic E-state index is 14.6. The van der Waals surface area contributed by atoms with Crippen LogP contribution in [0.3, 0.4) is 0 Å². The number of halogens is 1. The van der Waals surface area contributed by atoms with Gasteiger partial charge < -0.3 is 39.4 Å². The molecule has 294 valence electrons. The van der Waals surface area contributed by atoms with E-state index in [9.17, 15) is 24.3 Å². The lowest BCUT2D eigenvalue weighted by molar-refractivity contribution is -0.146. The molecule has 14 nitrogen and oxygen atoms in total. The summed E-state index contributed by atoms with van der Waals surface area (Å²) in [5.41, 5.74) is -1.07. The fraction of sp³-hybridized carbons (Fsp3) is 0.550. The zero-order valence-electron chi connectivity index (χ0n) is 31.9. The number of hydrogen-bond donors (Lipinski definition) is 3. The van der Waals surface area contributed by atoms with Crippen LogP contribution in [-0.4, -0.2) is 87.5 Å². The van der Waals surface area contributed by atoms with E-state index in [1.54, 1.807) is 24.3 Å². The van der Waals surface area contributed by atoms with E-state index >= 15 is 0 Å². The third-order valence-electron chi connectivity index (χ3n) is 11.4. The fourth-order valence-electron chi connectivity index (χ4n) is 8.02. The molecule has 3 saturated carbocycles. The van der Waals surface area contributed by atoms with Gasteiger partial charge >= 0.3 is 12.1 Å². The number of methoxy groups -OCH3 is 1. The van der Waals surface area contributed by atoms with Crippen molar-refractivity contribution in [3.05, 3.63) is 47.7 Å². The van der Waals surface area contributed by atoms with Crippen LogP contribution in [0.2, 0.25) is 5.02 Å². The first-order valence-electron chi connectivity index (χ1n) is 18.8. The van der Waals surface area contributed by atoms with Crippen LogP contribution in [-0.2, 0) is 19.1 Å². The molecule has 1 saturated heterocycles. The summed E-state index contributed by atoms with van der Waals surface area (Å²) in [5.74, 6) is -0.144. The molecule has 1 aromatic carbocycles. The monoisotopic (exact) mass is 777 g/mol. The molecular weight excluding hydrogens is 730 g/mol. The van der Waals surface area contributed by atoms with E-state index in [0.717, 1.165) is 12.8 Å². The van der Waals surface area contributed by atoms with Crippen molar-refractivity contribution in [2.75, 3.05) is 13.7 Å². The summed E-state index contributed by atoms with van der Waals surface area (Å²) in [6, 6.07) is 4.73. The third-order valence-corrected chi connectivity index (χ3v) is 11.8. The SMILES string of the molecule is C=C[C@@H]1C[C@]1(NC(=O)[C@@H]1C[C@@H](Oc2cc(-c3cc(C(C)C)on3)nc3c(Cl)c(OC)ccc23)CN1C(=O)[C@@H](NC(=O)O[C@@H]1C[C@@H]2C[C@@H]2C1)C(C)(C)C)C(=O)O. The van der Waals surface area contributed by atoms with Gasteiger partial charge in [0.1, 0.15) is 57.8 Å². The number of ether oxygens (including phenoxy) is 3. The topological polar surface area (TPSA) is 182 Å². The molecular formula is C40H48ClN5O9. The molecule has 4 fully saturated rings. The van der Waals surface area contributed by atoms with Crippen LogP contribution in [0.25, 0.3) is 22.3 Å². The Morgan fingerprint density at radius 1 is 1.07 bits per heavy atom. The summed E-state index contributed by atoms with van der Waals surface area (Å²) in [5, 5.41) is 20.6.